The Morgan fingerprint density at radius 3 is 1.89 bits per heavy atom. The van der Waals surface area contributed by atoms with Gasteiger partial charge in [0.15, 0.2) is 0 Å². The Morgan fingerprint density at radius 1 is 0.889 bits per heavy atom. The normalized spacial score (nSPS) is 12.1. The fourth-order valence-electron chi connectivity index (χ4n) is 2.93. The van der Waals surface area contributed by atoms with E-state index in [1.807, 2.05) is 60.7 Å². The van der Waals surface area contributed by atoms with E-state index >= 15 is 0 Å². The van der Waals surface area contributed by atoms with Crippen molar-refractivity contribution in [1.29, 1.82) is 0 Å². The van der Waals surface area contributed by atoms with Crippen LogP contribution in [-0.4, -0.2) is 27.1 Å². The van der Waals surface area contributed by atoms with Gasteiger partial charge in [0, 0.05) is 0 Å². The zero-order valence-electron chi connectivity index (χ0n) is 15.6. The lowest BCUT2D eigenvalue weighted by Gasteiger charge is -2.25. The number of rotatable bonds is 7. The predicted octanol–water partition coefficient (Wildman–Crippen LogP) is 3.39. The first-order valence-electron chi connectivity index (χ1n) is 9.14. The van der Waals surface area contributed by atoms with Gasteiger partial charge in [-0.15, -0.1) is 0 Å². The average molecular weight is 363 g/mol. The second kappa shape index (κ2) is 8.98. The Kier molecular flexibility index (Phi) is 6.20. The number of carbonyl (C=O) groups excluding carboxylic acids is 1. The van der Waals surface area contributed by atoms with E-state index in [1.165, 1.54) is 0 Å². The number of amides is 2. The van der Waals surface area contributed by atoms with E-state index < -0.39 is 0 Å². The molecule has 3 aromatic rings. The second-order valence-electron chi connectivity index (χ2n) is 6.81. The summed E-state index contributed by atoms with van der Waals surface area (Å²) in [6.45, 7) is 4.67. The molecule has 0 saturated carbocycles. The van der Waals surface area contributed by atoms with Gasteiger partial charge in [0.1, 0.15) is 0 Å². The fourth-order valence-corrected chi connectivity index (χ4v) is 2.93. The van der Waals surface area contributed by atoms with Crippen LogP contribution in [0.4, 0.5) is 4.79 Å². The van der Waals surface area contributed by atoms with Gasteiger partial charge in [-0.05, 0) is 17.0 Å². The number of hydrogen-bond donors (Lipinski definition) is 2. The zero-order valence-corrected chi connectivity index (χ0v) is 15.6. The first-order valence-corrected chi connectivity index (χ1v) is 9.14. The van der Waals surface area contributed by atoms with Crippen molar-refractivity contribution < 1.29 is 4.79 Å². The van der Waals surface area contributed by atoms with Gasteiger partial charge in [0.05, 0.1) is 31.0 Å². The number of urea groups is 1. The predicted molar refractivity (Wildman–Crippen MR) is 105 cm³/mol. The summed E-state index contributed by atoms with van der Waals surface area (Å²) in [6, 6.07) is 19.4. The molecule has 2 N–H and O–H groups in total. The van der Waals surface area contributed by atoms with Crippen LogP contribution < -0.4 is 10.6 Å². The van der Waals surface area contributed by atoms with Gasteiger partial charge in [-0.1, -0.05) is 74.5 Å². The molecule has 6 heteroatoms. The van der Waals surface area contributed by atoms with Crippen molar-refractivity contribution in [3.63, 3.8) is 0 Å². The summed E-state index contributed by atoms with van der Waals surface area (Å²) in [5.41, 5.74) is 2.07. The monoisotopic (exact) mass is 363 g/mol. The standard InChI is InChI=1S/C21H25N5O/c1-16(2)19(15-26-22-13-14-23-26)24-21(27)25-20(17-9-5-3-6-10-17)18-11-7-4-8-12-18/h3-14,16,19-20H,15H2,1-2H3,(H2,24,25,27). The number of carbonyl (C=O) groups is 1. The molecule has 1 aromatic heterocycles. The summed E-state index contributed by atoms with van der Waals surface area (Å²) >= 11 is 0. The molecule has 1 heterocycles. The average Bonchev–Trinajstić information content (AvgIpc) is 3.20. The Hall–Kier alpha value is -3.15. The topological polar surface area (TPSA) is 71.8 Å². The van der Waals surface area contributed by atoms with Crippen LogP contribution in [0.5, 0.6) is 0 Å². The van der Waals surface area contributed by atoms with Crippen LogP contribution in [0.2, 0.25) is 0 Å². The van der Waals surface area contributed by atoms with Crippen molar-refractivity contribution in [2.24, 2.45) is 5.92 Å². The molecule has 0 aliphatic heterocycles. The van der Waals surface area contributed by atoms with Crippen molar-refractivity contribution in [1.82, 2.24) is 25.6 Å². The van der Waals surface area contributed by atoms with Crippen molar-refractivity contribution in [2.75, 3.05) is 0 Å². The number of aromatic nitrogens is 3. The molecule has 1 unspecified atom stereocenters. The summed E-state index contributed by atoms with van der Waals surface area (Å²) in [5.74, 6) is 0.244. The summed E-state index contributed by atoms with van der Waals surface area (Å²) in [7, 11) is 0. The van der Waals surface area contributed by atoms with E-state index in [1.54, 1.807) is 17.2 Å². The molecular formula is C21H25N5O. The Morgan fingerprint density at radius 2 is 1.41 bits per heavy atom. The van der Waals surface area contributed by atoms with Crippen molar-refractivity contribution in [3.8, 4) is 0 Å². The summed E-state index contributed by atoms with van der Waals surface area (Å²) < 4.78 is 0. The second-order valence-corrected chi connectivity index (χ2v) is 6.81. The molecule has 0 spiro atoms. The highest BCUT2D eigenvalue weighted by atomic mass is 16.2. The van der Waals surface area contributed by atoms with Crippen LogP contribution in [0.15, 0.2) is 73.1 Å². The maximum Gasteiger partial charge on any atom is 0.315 e. The molecule has 6 nitrogen and oxygen atoms in total. The van der Waals surface area contributed by atoms with Crippen molar-refractivity contribution in [3.05, 3.63) is 84.2 Å². The largest absolute Gasteiger partial charge is 0.333 e. The van der Waals surface area contributed by atoms with Gasteiger partial charge >= 0.3 is 6.03 Å². The highest BCUT2D eigenvalue weighted by Gasteiger charge is 2.21. The van der Waals surface area contributed by atoms with E-state index in [9.17, 15) is 4.79 Å². The van der Waals surface area contributed by atoms with E-state index in [0.717, 1.165) is 11.1 Å². The van der Waals surface area contributed by atoms with Crippen molar-refractivity contribution in [2.45, 2.75) is 32.5 Å². The third-order valence-electron chi connectivity index (χ3n) is 4.49. The SMILES string of the molecule is CC(C)C(Cn1nccn1)NC(=O)NC(c1ccccc1)c1ccccc1. The smallest absolute Gasteiger partial charge is 0.315 e. The van der Waals surface area contributed by atoms with Gasteiger partial charge < -0.3 is 10.6 Å². The van der Waals surface area contributed by atoms with Crippen LogP contribution in [0, 0.1) is 5.92 Å². The van der Waals surface area contributed by atoms with E-state index in [0.29, 0.717) is 6.54 Å². The highest BCUT2D eigenvalue weighted by Crippen LogP contribution is 2.21. The molecule has 2 amide bonds. The van der Waals surface area contributed by atoms with Gasteiger partial charge in [-0.25, -0.2) is 4.79 Å². The molecule has 0 aliphatic carbocycles. The number of nitrogens with one attached hydrogen (secondary N) is 2. The molecule has 3 rings (SSSR count). The fraction of sp³-hybridized carbons (Fsp3) is 0.286. The molecule has 1 atom stereocenters. The summed E-state index contributed by atoms with van der Waals surface area (Å²) in [4.78, 5) is 14.4. The van der Waals surface area contributed by atoms with Crippen molar-refractivity contribution >= 4 is 6.03 Å². The first kappa shape index (κ1) is 18.6. The molecule has 0 fully saturated rings. The van der Waals surface area contributed by atoms with Gasteiger partial charge in [-0.3, -0.25) is 0 Å². The molecule has 27 heavy (non-hydrogen) atoms. The third-order valence-corrected chi connectivity index (χ3v) is 4.49. The van der Waals surface area contributed by atoms with Crippen LogP contribution >= 0.6 is 0 Å². The van der Waals surface area contributed by atoms with Crippen LogP contribution in [0.1, 0.15) is 31.0 Å². The van der Waals surface area contributed by atoms with Crippen LogP contribution in [0.25, 0.3) is 0 Å². The van der Waals surface area contributed by atoms with Crippen LogP contribution in [-0.2, 0) is 6.54 Å². The Labute approximate surface area is 159 Å². The Balaban J connectivity index is 1.73. The Bertz CT molecular complexity index is 779. The third kappa shape index (κ3) is 5.17. The van der Waals surface area contributed by atoms with E-state index in [4.69, 9.17) is 0 Å². The van der Waals surface area contributed by atoms with E-state index in [-0.39, 0.29) is 24.0 Å². The van der Waals surface area contributed by atoms with Gasteiger partial charge in [0.2, 0.25) is 0 Å². The number of hydrogen-bond acceptors (Lipinski definition) is 3. The molecule has 140 valence electrons. The zero-order chi connectivity index (χ0) is 19.1. The summed E-state index contributed by atoms with van der Waals surface area (Å²) in [5, 5.41) is 14.5. The molecule has 0 radical (unpaired) electrons. The minimum Gasteiger partial charge on any atom is -0.333 e. The number of nitrogens with zero attached hydrogens (tertiary/aromatic N) is 3. The summed E-state index contributed by atoms with van der Waals surface area (Å²) in [6.07, 6.45) is 3.27. The maximum atomic E-state index is 12.8. The number of benzene rings is 2. The lowest BCUT2D eigenvalue weighted by molar-refractivity contribution is 0.226. The maximum absolute atomic E-state index is 12.8. The van der Waals surface area contributed by atoms with E-state index in [2.05, 4.69) is 34.7 Å². The lowest BCUT2D eigenvalue weighted by Crippen LogP contribution is -2.47. The van der Waals surface area contributed by atoms with Gasteiger partial charge in [0.25, 0.3) is 0 Å². The highest BCUT2D eigenvalue weighted by molar-refractivity contribution is 5.75. The molecule has 0 aliphatic rings. The first-order chi connectivity index (χ1) is 13.1. The molecule has 0 bridgehead atoms. The van der Waals surface area contributed by atoms with Gasteiger partial charge in [-0.2, -0.15) is 15.0 Å². The lowest BCUT2D eigenvalue weighted by atomic mass is 9.99. The van der Waals surface area contributed by atoms with Crippen LogP contribution in [0.3, 0.4) is 0 Å². The minimum atomic E-state index is -0.219. The quantitative estimate of drug-likeness (QED) is 0.676. The molecule has 2 aromatic carbocycles. The molecular weight excluding hydrogens is 338 g/mol. The molecule has 0 saturated heterocycles. The minimum absolute atomic E-state index is 0.0791.